The minimum atomic E-state index is -0.157. The number of rotatable bonds is 6. The van der Waals surface area contributed by atoms with Crippen molar-refractivity contribution in [2.24, 2.45) is 0 Å². The van der Waals surface area contributed by atoms with Crippen LogP contribution in [0.5, 0.6) is 0 Å². The average molecular weight is 370 g/mol. The number of amides is 2. The Morgan fingerprint density at radius 2 is 1.92 bits per heavy atom. The van der Waals surface area contributed by atoms with Crippen LogP contribution < -0.4 is 10.6 Å². The van der Waals surface area contributed by atoms with Gasteiger partial charge < -0.3 is 10.6 Å². The monoisotopic (exact) mass is 369 g/mol. The second-order valence-electron chi connectivity index (χ2n) is 5.95. The van der Waals surface area contributed by atoms with Gasteiger partial charge in [-0.15, -0.1) is 11.8 Å². The molecule has 2 rings (SSSR count). The first kappa shape index (κ1) is 19.1. The summed E-state index contributed by atoms with van der Waals surface area (Å²) in [7, 11) is 1.65. The van der Waals surface area contributed by atoms with E-state index >= 15 is 0 Å². The molecule has 132 valence electrons. The number of nitrogens with one attached hydrogen (secondary N) is 2. The fourth-order valence-electron chi connectivity index (χ4n) is 2.61. The van der Waals surface area contributed by atoms with E-state index in [9.17, 15) is 9.59 Å². The molecule has 24 heavy (non-hydrogen) atoms. The van der Waals surface area contributed by atoms with E-state index in [2.05, 4.69) is 15.5 Å². The largest absolute Gasteiger partial charge is 0.358 e. The van der Waals surface area contributed by atoms with Gasteiger partial charge in [0, 0.05) is 36.1 Å². The van der Waals surface area contributed by atoms with Crippen LogP contribution in [0.25, 0.3) is 0 Å². The van der Waals surface area contributed by atoms with Gasteiger partial charge in [-0.05, 0) is 44.0 Å². The van der Waals surface area contributed by atoms with Crippen molar-refractivity contribution in [3.63, 3.8) is 0 Å². The van der Waals surface area contributed by atoms with Gasteiger partial charge in [-0.2, -0.15) is 0 Å². The van der Waals surface area contributed by atoms with Crippen LogP contribution in [0.15, 0.2) is 29.2 Å². The van der Waals surface area contributed by atoms with Gasteiger partial charge in [0.15, 0.2) is 0 Å². The van der Waals surface area contributed by atoms with Gasteiger partial charge in [0.2, 0.25) is 11.8 Å². The molecule has 0 bridgehead atoms. The normalized spacial score (nSPS) is 17.3. The Kier molecular flexibility index (Phi) is 7.40. The van der Waals surface area contributed by atoms with Crippen molar-refractivity contribution < 1.29 is 9.59 Å². The Hall–Kier alpha value is -1.24. The van der Waals surface area contributed by atoms with Crippen LogP contribution in [0.3, 0.4) is 0 Å². The first-order valence-electron chi connectivity index (χ1n) is 8.13. The number of hydrogen-bond donors (Lipinski definition) is 2. The third-order valence-electron chi connectivity index (χ3n) is 4.08. The van der Waals surface area contributed by atoms with Gasteiger partial charge >= 0.3 is 0 Å². The Morgan fingerprint density at radius 1 is 1.29 bits per heavy atom. The molecule has 7 heteroatoms. The number of likely N-dealkylation sites (tertiary alicyclic amines) is 1. The van der Waals surface area contributed by atoms with Gasteiger partial charge in [-0.3, -0.25) is 14.5 Å². The molecule has 1 aromatic rings. The number of likely N-dealkylation sites (N-methyl/N-ethyl adjacent to an activating group) is 1. The number of hydrogen-bond acceptors (Lipinski definition) is 4. The van der Waals surface area contributed by atoms with E-state index < -0.39 is 0 Å². The molecule has 0 spiro atoms. The van der Waals surface area contributed by atoms with Crippen LogP contribution in [-0.2, 0) is 9.59 Å². The molecular weight excluding hydrogens is 346 g/mol. The van der Waals surface area contributed by atoms with E-state index in [1.165, 1.54) is 11.8 Å². The molecule has 1 heterocycles. The summed E-state index contributed by atoms with van der Waals surface area (Å²) in [5.41, 5.74) is 0. The highest BCUT2D eigenvalue weighted by molar-refractivity contribution is 8.00. The molecule has 1 aromatic carbocycles. The van der Waals surface area contributed by atoms with Crippen molar-refractivity contribution in [3.05, 3.63) is 29.3 Å². The smallest absolute Gasteiger partial charge is 0.233 e. The molecule has 1 aliphatic rings. The molecule has 0 aromatic heterocycles. The zero-order valence-corrected chi connectivity index (χ0v) is 15.6. The summed E-state index contributed by atoms with van der Waals surface area (Å²) in [6, 6.07) is 7.70. The Balaban J connectivity index is 1.74. The Bertz CT molecular complexity index is 559. The van der Waals surface area contributed by atoms with E-state index in [1.807, 2.05) is 31.2 Å². The van der Waals surface area contributed by atoms with Crippen molar-refractivity contribution in [1.82, 2.24) is 15.5 Å². The molecule has 0 saturated carbocycles. The SMILES string of the molecule is CNC(=O)CN1CCC(NC(=O)C(C)Sc2ccc(Cl)cc2)CC1. The lowest BCUT2D eigenvalue weighted by Crippen LogP contribution is -2.48. The van der Waals surface area contributed by atoms with E-state index in [-0.39, 0.29) is 23.1 Å². The molecule has 1 saturated heterocycles. The van der Waals surface area contributed by atoms with Crippen LogP contribution in [-0.4, -0.2) is 54.7 Å². The predicted molar refractivity (Wildman–Crippen MR) is 98.4 cm³/mol. The second kappa shape index (κ2) is 9.30. The molecular formula is C17H24ClN3O2S. The zero-order valence-electron chi connectivity index (χ0n) is 14.0. The molecule has 5 nitrogen and oxygen atoms in total. The highest BCUT2D eigenvalue weighted by atomic mass is 35.5. The van der Waals surface area contributed by atoms with Crippen molar-refractivity contribution in [3.8, 4) is 0 Å². The number of carbonyl (C=O) groups is 2. The van der Waals surface area contributed by atoms with Crippen LogP contribution in [0.2, 0.25) is 5.02 Å². The maximum Gasteiger partial charge on any atom is 0.233 e. The van der Waals surface area contributed by atoms with Crippen LogP contribution in [0.4, 0.5) is 0 Å². The maximum atomic E-state index is 12.4. The molecule has 2 N–H and O–H groups in total. The predicted octanol–water partition coefficient (Wildman–Crippen LogP) is 2.15. The first-order chi connectivity index (χ1) is 11.5. The number of thioether (sulfide) groups is 1. The number of benzene rings is 1. The van der Waals surface area contributed by atoms with Crippen LogP contribution >= 0.6 is 23.4 Å². The Morgan fingerprint density at radius 3 is 2.50 bits per heavy atom. The summed E-state index contributed by atoms with van der Waals surface area (Å²) < 4.78 is 0. The average Bonchev–Trinajstić information content (AvgIpc) is 2.58. The number of nitrogens with zero attached hydrogens (tertiary/aromatic N) is 1. The standard InChI is InChI=1S/C17H24ClN3O2S/c1-12(24-15-5-3-13(18)4-6-15)17(23)20-14-7-9-21(10-8-14)11-16(22)19-2/h3-6,12,14H,7-11H2,1-2H3,(H,19,22)(H,20,23). The fraction of sp³-hybridized carbons (Fsp3) is 0.529. The van der Waals surface area contributed by atoms with Gasteiger partial charge in [0.05, 0.1) is 11.8 Å². The Labute approximate surface area is 152 Å². The molecule has 1 aliphatic heterocycles. The highest BCUT2D eigenvalue weighted by Gasteiger charge is 2.24. The van der Waals surface area contributed by atoms with E-state index in [1.54, 1.807) is 7.05 Å². The third kappa shape index (κ3) is 6.00. The van der Waals surface area contributed by atoms with Gasteiger partial charge in [0.1, 0.15) is 0 Å². The van der Waals surface area contributed by atoms with Crippen molar-refractivity contribution >= 4 is 35.2 Å². The minimum Gasteiger partial charge on any atom is -0.358 e. The fourth-order valence-corrected chi connectivity index (χ4v) is 3.61. The van der Waals surface area contributed by atoms with E-state index in [0.717, 1.165) is 30.8 Å². The second-order valence-corrected chi connectivity index (χ2v) is 7.80. The summed E-state index contributed by atoms with van der Waals surface area (Å²) in [6.07, 6.45) is 1.75. The lowest BCUT2D eigenvalue weighted by atomic mass is 10.0. The molecule has 1 atom stereocenters. The van der Waals surface area contributed by atoms with E-state index in [0.29, 0.717) is 11.6 Å². The summed E-state index contributed by atoms with van der Waals surface area (Å²) in [4.78, 5) is 26.9. The topological polar surface area (TPSA) is 61.4 Å². The van der Waals surface area contributed by atoms with Crippen LogP contribution in [0, 0.1) is 0 Å². The summed E-state index contributed by atoms with van der Waals surface area (Å²) in [6.45, 7) is 4.00. The third-order valence-corrected chi connectivity index (χ3v) is 5.44. The lowest BCUT2D eigenvalue weighted by Gasteiger charge is -2.32. The quantitative estimate of drug-likeness (QED) is 0.754. The number of halogens is 1. The minimum absolute atomic E-state index is 0.0328. The van der Waals surface area contributed by atoms with Crippen molar-refractivity contribution in [2.45, 2.75) is 36.0 Å². The lowest BCUT2D eigenvalue weighted by molar-refractivity contribution is -0.123. The van der Waals surface area contributed by atoms with E-state index in [4.69, 9.17) is 11.6 Å². The molecule has 1 fully saturated rings. The first-order valence-corrected chi connectivity index (χ1v) is 9.39. The number of piperidine rings is 1. The molecule has 2 amide bonds. The maximum absolute atomic E-state index is 12.4. The highest BCUT2D eigenvalue weighted by Crippen LogP contribution is 2.25. The van der Waals surface area contributed by atoms with Crippen molar-refractivity contribution in [1.29, 1.82) is 0 Å². The van der Waals surface area contributed by atoms with Gasteiger partial charge in [-0.25, -0.2) is 0 Å². The summed E-state index contributed by atoms with van der Waals surface area (Å²) in [5, 5.41) is 6.30. The summed E-state index contributed by atoms with van der Waals surface area (Å²) >= 11 is 7.40. The van der Waals surface area contributed by atoms with Crippen molar-refractivity contribution in [2.75, 3.05) is 26.7 Å². The zero-order chi connectivity index (χ0) is 17.5. The van der Waals surface area contributed by atoms with Crippen LogP contribution in [0.1, 0.15) is 19.8 Å². The van der Waals surface area contributed by atoms with Gasteiger partial charge in [-0.1, -0.05) is 11.6 Å². The molecule has 1 unspecified atom stereocenters. The number of carbonyl (C=O) groups excluding carboxylic acids is 2. The molecule has 0 radical (unpaired) electrons. The summed E-state index contributed by atoms with van der Waals surface area (Å²) in [5.74, 6) is 0.0881. The molecule has 0 aliphatic carbocycles. The van der Waals surface area contributed by atoms with Gasteiger partial charge in [0.25, 0.3) is 0 Å².